The molecule has 1 fully saturated rings. The van der Waals surface area contributed by atoms with E-state index < -0.39 is 5.82 Å². The lowest BCUT2D eigenvalue weighted by Gasteiger charge is -2.23. The number of nitrogens with one attached hydrogen (secondary N) is 1. The lowest BCUT2D eigenvalue weighted by molar-refractivity contribution is 0.206. The van der Waals surface area contributed by atoms with Gasteiger partial charge in [-0.25, -0.2) is 9.18 Å². The minimum absolute atomic E-state index is 0.193. The summed E-state index contributed by atoms with van der Waals surface area (Å²) in [6, 6.07) is 14.0. The molecule has 1 aliphatic carbocycles. The number of amides is 2. The molecule has 0 saturated heterocycles. The first kappa shape index (κ1) is 15.3. The summed E-state index contributed by atoms with van der Waals surface area (Å²) in [4.78, 5) is 14.4. The van der Waals surface area contributed by atoms with E-state index in [2.05, 4.69) is 5.32 Å². The Hall–Kier alpha value is -2.56. The van der Waals surface area contributed by atoms with Crippen LogP contribution in [0.15, 0.2) is 48.5 Å². The highest BCUT2D eigenvalue weighted by Gasteiger charge is 2.32. The summed E-state index contributed by atoms with van der Waals surface area (Å²) in [5.41, 5.74) is 1.55. The maximum absolute atomic E-state index is 13.3. The van der Waals surface area contributed by atoms with Gasteiger partial charge in [0.05, 0.1) is 12.8 Å². The predicted molar refractivity (Wildman–Crippen MR) is 87.0 cm³/mol. The predicted octanol–water partition coefficient (Wildman–Crippen LogP) is 4.03. The van der Waals surface area contributed by atoms with Crippen molar-refractivity contribution >= 4 is 11.7 Å². The zero-order valence-electron chi connectivity index (χ0n) is 13.0. The number of ether oxygens (including phenoxy) is 1. The molecule has 0 unspecified atom stereocenters. The van der Waals surface area contributed by atoms with Crippen molar-refractivity contribution in [1.82, 2.24) is 4.90 Å². The van der Waals surface area contributed by atoms with E-state index in [1.807, 2.05) is 35.2 Å². The third-order valence-electron chi connectivity index (χ3n) is 3.85. The van der Waals surface area contributed by atoms with Crippen molar-refractivity contribution in [3.8, 4) is 5.75 Å². The fraction of sp³-hybridized carbons (Fsp3) is 0.278. The van der Waals surface area contributed by atoms with Crippen LogP contribution in [0.2, 0.25) is 0 Å². The lowest BCUT2D eigenvalue weighted by Crippen LogP contribution is -2.36. The first-order valence-corrected chi connectivity index (χ1v) is 7.62. The number of hydrogen-bond donors (Lipinski definition) is 1. The van der Waals surface area contributed by atoms with Crippen LogP contribution in [0.5, 0.6) is 5.75 Å². The highest BCUT2D eigenvalue weighted by atomic mass is 19.1. The van der Waals surface area contributed by atoms with Crippen molar-refractivity contribution in [3.05, 3.63) is 59.9 Å². The second kappa shape index (κ2) is 6.69. The van der Waals surface area contributed by atoms with E-state index >= 15 is 0 Å². The molecule has 0 heterocycles. The van der Waals surface area contributed by atoms with Gasteiger partial charge in [-0.1, -0.05) is 30.3 Å². The molecule has 0 spiro atoms. The lowest BCUT2D eigenvalue weighted by atomic mass is 10.2. The Kier molecular flexibility index (Phi) is 4.46. The topological polar surface area (TPSA) is 41.6 Å². The third-order valence-corrected chi connectivity index (χ3v) is 3.85. The first-order chi connectivity index (χ1) is 11.2. The van der Waals surface area contributed by atoms with Gasteiger partial charge in [0.25, 0.3) is 0 Å². The molecule has 0 aliphatic heterocycles. The first-order valence-electron chi connectivity index (χ1n) is 7.62. The van der Waals surface area contributed by atoms with Crippen LogP contribution >= 0.6 is 0 Å². The second-order valence-electron chi connectivity index (χ2n) is 5.62. The molecule has 120 valence electrons. The van der Waals surface area contributed by atoms with Gasteiger partial charge in [-0.15, -0.1) is 0 Å². The van der Waals surface area contributed by atoms with Gasteiger partial charge in [-0.05, 0) is 30.5 Å². The van der Waals surface area contributed by atoms with Crippen molar-refractivity contribution in [2.45, 2.75) is 25.4 Å². The number of methoxy groups -OCH3 is 1. The summed E-state index contributed by atoms with van der Waals surface area (Å²) >= 11 is 0. The average molecular weight is 314 g/mol. The number of anilines is 1. The van der Waals surface area contributed by atoms with E-state index in [0.717, 1.165) is 18.4 Å². The van der Waals surface area contributed by atoms with Crippen LogP contribution in [0, 0.1) is 5.82 Å². The molecule has 5 heteroatoms. The molecule has 0 radical (unpaired) electrons. The number of urea groups is 1. The number of rotatable bonds is 5. The minimum Gasteiger partial charge on any atom is -0.494 e. The minimum atomic E-state index is -0.400. The smallest absolute Gasteiger partial charge is 0.322 e. The summed E-state index contributed by atoms with van der Waals surface area (Å²) in [6.07, 6.45) is 2.03. The van der Waals surface area contributed by atoms with Gasteiger partial charge >= 0.3 is 6.03 Å². The van der Waals surface area contributed by atoms with Gasteiger partial charge in [0, 0.05) is 18.7 Å². The second-order valence-corrected chi connectivity index (χ2v) is 5.62. The van der Waals surface area contributed by atoms with E-state index in [1.165, 1.54) is 25.3 Å². The Bertz CT molecular complexity index is 687. The average Bonchev–Trinajstić information content (AvgIpc) is 3.40. The van der Waals surface area contributed by atoms with Crippen molar-refractivity contribution in [3.63, 3.8) is 0 Å². The maximum atomic E-state index is 13.3. The highest BCUT2D eigenvalue weighted by molar-refractivity contribution is 5.91. The van der Waals surface area contributed by atoms with Crippen LogP contribution in [-0.2, 0) is 6.54 Å². The fourth-order valence-electron chi connectivity index (χ4n) is 2.49. The van der Waals surface area contributed by atoms with Gasteiger partial charge < -0.3 is 15.0 Å². The van der Waals surface area contributed by atoms with E-state index in [1.54, 1.807) is 0 Å². The van der Waals surface area contributed by atoms with E-state index in [4.69, 9.17) is 4.74 Å². The summed E-state index contributed by atoms with van der Waals surface area (Å²) < 4.78 is 18.4. The Balaban J connectivity index is 1.74. The van der Waals surface area contributed by atoms with Crippen molar-refractivity contribution in [2.24, 2.45) is 0 Å². The molecular formula is C18H19FN2O2. The summed E-state index contributed by atoms with van der Waals surface area (Å²) in [5, 5.41) is 2.83. The number of nitrogens with zero attached hydrogens (tertiary/aromatic N) is 1. The third kappa shape index (κ3) is 3.80. The normalized spacial score (nSPS) is 13.5. The molecule has 4 nitrogen and oxygen atoms in total. The van der Waals surface area contributed by atoms with Crippen molar-refractivity contribution in [2.75, 3.05) is 12.4 Å². The van der Waals surface area contributed by atoms with Gasteiger partial charge in [0.15, 0.2) is 0 Å². The summed E-state index contributed by atoms with van der Waals surface area (Å²) in [6.45, 7) is 0.556. The Morgan fingerprint density at radius 2 is 2.00 bits per heavy atom. The van der Waals surface area contributed by atoms with Crippen molar-refractivity contribution < 1.29 is 13.9 Å². The zero-order valence-corrected chi connectivity index (χ0v) is 13.0. The van der Waals surface area contributed by atoms with Gasteiger partial charge in [0.1, 0.15) is 11.6 Å². The Morgan fingerprint density at radius 3 is 2.65 bits per heavy atom. The van der Waals surface area contributed by atoms with Crippen LogP contribution in [0.25, 0.3) is 0 Å². The molecule has 1 aliphatic rings. The molecule has 3 rings (SSSR count). The van der Waals surface area contributed by atoms with Crippen LogP contribution in [0.1, 0.15) is 18.4 Å². The number of carbonyl (C=O) groups is 1. The Morgan fingerprint density at radius 1 is 1.26 bits per heavy atom. The van der Waals surface area contributed by atoms with E-state index in [0.29, 0.717) is 18.0 Å². The van der Waals surface area contributed by atoms with E-state index in [-0.39, 0.29) is 12.1 Å². The molecule has 2 amide bonds. The Labute approximate surface area is 134 Å². The number of hydrogen-bond acceptors (Lipinski definition) is 2. The van der Waals surface area contributed by atoms with Gasteiger partial charge in [-0.2, -0.15) is 0 Å². The van der Waals surface area contributed by atoms with Crippen molar-refractivity contribution in [1.29, 1.82) is 0 Å². The molecule has 0 aromatic heterocycles. The SMILES string of the molecule is COc1cc(F)ccc1NC(=O)N(Cc1ccccc1)C1CC1. The molecule has 0 atom stereocenters. The molecule has 0 bridgehead atoms. The highest BCUT2D eigenvalue weighted by Crippen LogP contribution is 2.30. The molecule has 2 aromatic carbocycles. The largest absolute Gasteiger partial charge is 0.494 e. The van der Waals surface area contributed by atoms with Gasteiger partial charge in [0.2, 0.25) is 0 Å². The quantitative estimate of drug-likeness (QED) is 0.905. The number of halogens is 1. The summed E-state index contributed by atoms with van der Waals surface area (Å²) in [5.74, 6) is -0.0861. The number of benzene rings is 2. The monoisotopic (exact) mass is 314 g/mol. The molecule has 2 aromatic rings. The fourth-order valence-corrected chi connectivity index (χ4v) is 2.49. The molecule has 1 saturated carbocycles. The van der Waals surface area contributed by atoms with Gasteiger partial charge in [-0.3, -0.25) is 0 Å². The van der Waals surface area contributed by atoms with Crippen LogP contribution in [0.3, 0.4) is 0 Å². The van der Waals surface area contributed by atoms with Crippen LogP contribution < -0.4 is 10.1 Å². The van der Waals surface area contributed by atoms with Crippen LogP contribution in [-0.4, -0.2) is 24.1 Å². The summed E-state index contributed by atoms with van der Waals surface area (Å²) in [7, 11) is 1.45. The number of carbonyl (C=O) groups excluding carboxylic acids is 1. The zero-order chi connectivity index (χ0) is 16.2. The maximum Gasteiger partial charge on any atom is 0.322 e. The molecular weight excluding hydrogens is 295 g/mol. The molecule has 1 N–H and O–H groups in total. The standard InChI is InChI=1S/C18H19FN2O2/c1-23-17-11-14(19)7-10-16(17)20-18(22)21(15-8-9-15)12-13-5-3-2-4-6-13/h2-7,10-11,15H,8-9,12H2,1H3,(H,20,22). The van der Waals surface area contributed by atoms with Crippen LogP contribution in [0.4, 0.5) is 14.9 Å². The molecule has 23 heavy (non-hydrogen) atoms. The van der Waals surface area contributed by atoms with E-state index in [9.17, 15) is 9.18 Å².